The van der Waals surface area contributed by atoms with Gasteiger partial charge in [0.25, 0.3) is 0 Å². The summed E-state index contributed by atoms with van der Waals surface area (Å²) in [6.45, 7) is 3.49. The quantitative estimate of drug-likeness (QED) is 0.864. The molecule has 4 rings (SSSR count). The second-order valence-corrected chi connectivity index (χ2v) is 6.52. The van der Waals surface area contributed by atoms with E-state index in [2.05, 4.69) is 29.2 Å². The third-order valence-corrected chi connectivity index (χ3v) is 5.32. The van der Waals surface area contributed by atoms with Gasteiger partial charge in [0, 0.05) is 32.0 Å². The number of furan rings is 1. The van der Waals surface area contributed by atoms with Crippen LogP contribution in [0.25, 0.3) is 0 Å². The van der Waals surface area contributed by atoms with Gasteiger partial charge in [0.2, 0.25) is 0 Å². The van der Waals surface area contributed by atoms with Crippen LogP contribution in [0, 0.1) is 5.92 Å². The van der Waals surface area contributed by atoms with Crippen molar-refractivity contribution in [2.75, 3.05) is 26.7 Å². The maximum Gasteiger partial charge on any atom is 0.122 e. The van der Waals surface area contributed by atoms with Crippen LogP contribution in [-0.2, 0) is 12.8 Å². The molecular weight excluding hydrogens is 274 g/mol. The Morgan fingerprint density at radius 3 is 3.00 bits per heavy atom. The van der Waals surface area contributed by atoms with Gasteiger partial charge in [0.1, 0.15) is 11.5 Å². The summed E-state index contributed by atoms with van der Waals surface area (Å²) >= 11 is 0. The summed E-state index contributed by atoms with van der Waals surface area (Å²) in [5, 5.41) is 0. The van der Waals surface area contributed by atoms with Crippen molar-refractivity contribution in [3.63, 3.8) is 0 Å². The van der Waals surface area contributed by atoms with Crippen molar-refractivity contribution >= 4 is 0 Å². The first-order valence-electron chi connectivity index (χ1n) is 8.25. The third kappa shape index (κ3) is 2.44. The van der Waals surface area contributed by atoms with Crippen LogP contribution in [-0.4, -0.2) is 31.6 Å². The van der Waals surface area contributed by atoms with Gasteiger partial charge in [-0.3, -0.25) is 0 Å². The summed E-state index contributed by atoms with van der Waals surface area (Å²) in [6, 6.07) is 10.6. The van der Waals surface area contributed by atoms with E-state index in [9.17, 15) is 0 Å². The summed E-state index contributed by atoms with van der Waals surface area (Å²) in [7, 11) is 1.78. The molecule has 1 saturated heterocycles. The van der Waals surface area contributed by atoms with Gasteiger partial charge in [-0.05, 0) is 48.1 Å². The molecule has 1 aliphatic heterocycles. The molecule has 0 radical (unpaired) electrons. The van der Waals surface area contributed by atoms with Gasteiger partial charge in [0.05, 0.1) is 13.4 Å². The number of ether oxygens (including phenoxy) is 1. The fourth-order valence-corrected chi connectivity index (χ4v) is 4.23. The van der Waals surface area contributed by atoms with E-state index in [-0.39, 0.29) is 0 Å². The molecule has 2 atom stereocenters. The van der Waals surface area contributed by atoms with E-state index in [4.69, 9.17) is 9.15 Å². The highest BCUT2D eigenvalue weighted by Gasteiger charge is 2.37. The minimum atomic E-state index is 0.676. The Kier molecular flexibility index (Phi) is 3.67. The summed E-state index contributed by atoms with van der Waals surface area (Å²) in [5.41, 5.74) is 2.97. The Morgan fingerprint density at radius 1 is 1.23 bits per heavy atom. The molecule has 1 aromatic heterocycles. The molecule has 3 heteroatoms. The lowest BCUT2D eigenvalue weighted by atomic mass is 9.77. The highest BCUT2D eigenvalue weighted by molar-refractivity contribution is 5.44. The summed E-state index contributed by atoms with van der Waals surface area (Å²) in [5.74, 6) is 3.65. The first kappa shape index (κ1) is 13.9. The molecule has 1 aromatic carbocycles. The fraction of sp³-hybridized carbons (Fsp3) is 0.474. The Labute approximate surface area is 131 Å². The molecule has 3 nitrogen and oxygen atoms in total. The summed E-state index contributed by atoms with van der Waals surface area (Å²) < 4.78 is 11.0. The Bertz CT molecular complexity index is 635. The Balaban J connectivity index is 1.48. The van der Waals surface area contributed by atoms with Crippen LogP contribution in [0.5, 0.6) is 5.75 Å². The van der Waals surface area contributed by atoms with Crippen LogP contribution in [0.15, 0.2) is 41.0 Å². The lowest BCUT2D eigenvalue weighted by Crippen LogP contribution is -2.23. The van der Waals surface area contributed by atoms with E-state index in [1.54, 1.807) is 13.4 Å². The topological polar surface area (TPSA) is 25.6 Å². The second kappa shape index (κ2) is 5.81. The van der Waals surface area contributed by atoms with Crippen LogP contribution >= 0.6 is 0 Å². The highest BCUT2D eigenvalue weighted by atomic mass is 16.5. The third-order valence-electron chi connectivity index (χ3n) is 5.32. The number of fused-ring (bicyclic) bond motifs is 3. The van der Waals surface area contributed by atoms with Crippen molar-refractivity contribution < 1.29 is 9.15 Å². The van der Waals surface area contributed by atoms with Crippen LogP contribution in [0.3, 0.4) is 0 Å². The lowest BCUT2D eigenvalue weighted by Gasteiger charge is -2.28. The van der Waals surface area contributed by atoms with E-state index >= 15 is 0 Å². The standard InChI is InChI=1S/C19H23NO2/c1-21-19-6-2-5-16-17(19)8-7-14-12-20(13-18(14)16)10-9-15-4-3-11-22-15/h2-6,11,14,18H,7-10,12-13H2,1H3. The van der Waals surface area contributed by atoms with Crippen LogP contribution in [0.1, 0.15) is 29.2 Å². The molecule has 116 valence electrons. The predicted molar refractivity (Wildman–Crippen MR) is 86.4 cm³/mol. The van der Waals surface area contributed by atoms with E-state index in [0.29, 0.717) is 5.92 Å². The minimum Gasteiger partial charge on any atom is -0.496 e. The molecule has 0 saturated carbocycles. The van der Waals surface area contributed by atoms with Gasteiger partial charge < -0.3 is 14.1 Å². The molecule has 2 heterocycles. The largest absolute Gasteiger partial charge is 0.496 e. The van der Waals surface area contributed by atoms with Gasteiger partial charge in [-0.25, -0.2) is 0 Å². The zero-order valence-electron chi connectivity index (χ0n) is 13.1. The van der Waals surface area contributed by atoms with Crippen molar-refractivity contribution in [1.29, 1.82) is 0 Å². The molecule has 1 fully saturated rings. The SMILES string of the molecule is COc1cccc2c1CCC1CN(CCc3ccco3)CC21. The molecule has 0 amide bonds. The fourth-order valence-electron chi connectivity index (χ4n) is 4.23. The molecule has 1 aliphatic carbocycles. The number of methoxy groups -OCH3 is 1. The van der Waals surface area contributed by atoms with E-state index in [0.717, 1.165) is 36.8 Å². The molecule has 2 aliphatic rings. The average Bonchev–Trinajstić information content (AvgIpc) is 3.21. The van der Waals surface area contributed by atoms with Gasteiger partial charge in [-0.2, -0.15) is 0 Å². The maximum atomic E-state index is 5.56. The molecule has 2 aromatic rings. The van der Waals surface area contributed by atoms with E-state index in [1.807, 2.05) is 6.07 Å². The first-order chi connectivity index (χ1) is 10.8. The van der Waals surface area contributed by atoms with Crippen LogP contribution in [0.2, 0.25) is 0 Å². The number of hydrogen-bond donors (Lipinski definition) is 0. The number of nitrogens with zero attached hydrogens (tertiary/aromatic N) is 1. The van der Waals surface area contributed by atoms with Crippen molar-refractivity contribution in [2.45, 2.75) is 25.2 Å². The minimum absolute atomic E-state index is 0.676. The Hall–Kier alpha value is -1.74. The van der Waals surface area contributed by atoms with Crippen molar-refractivity contribution in [3.8, 4) is 5.75 Å². The van der Waals surface area contributed by atoms with Gasteiger partial charge in [0.15, 0.2) is 0 Å². The number of hydrogen-bond acceptors (Lipinski definition) is 3. The monoisotopic (exact) mass is 297 g/mol. The maximum absolute atomic E-state index is 5.56. The van der Waals surface area contributed by atoms with Crippen LogP contribution < -0.4 is 4.74 Å². The molecule has 0 spiro atoms. The number of likely N-dealkylation sites (tertiary alicyclic amines) is 1. The molecular formula is C19H23NO2. The molecule has 2 unspecified atom stereocenters. The van der Waals surface area contributed by atoms with E-state index < -0.39 is 0 Å². The first-order valence-corrected chi connectivity index (χ1v) is 8.25. The zero-order chi connectivity index (χ0) is 14.9. The molecule has 0 N–H and O–H groups in total. The lowest BCUT2D eigenvalue weighted by molar-refractivity contribution is 0.315. The highest BCUT2D eigenvalue weighted by Crippen LogP contribution is 2.43. The van der Waals surface area contributed by atoms with Gasteiger partial charge >= 0.3 is 0 Å². The Morgan fingerprint density at radius 2 is 2.18 bits per heavy atom. The number of benzene rings is 1. The van der Waals surface area contributed by atoms with Crippen LogP contribution in [0.4, 0.5) is 0 Å². The predicted octanol–water partition coefficient (Wildman–Crippen LogP) is 3.49. The average molecular weight is 297 g/mol. The van der Waals surface area contributed by atoms with Gasteiger partial charge in [-0.1, -0.05) is 12.1 Å². The second-order valence-electron chi connectivity index (χ2n) is 6.52. The smallest absolute Gasteiger partial charge is 0.122 e. The van der Waals surface area contributed by atoms with Crippen molar-refractivity contribution in [3.05, 3.63) is 53.5 Å². The molecule has 0 bridgehead atoms. The zero-order valence-corrected chi connectivity index (χ0v) is 13.1. The van der Waals surface area contributed by atoms with Crippen molar-refractivity contribution in [1.82, 2.24) is 4.90 Å². The van der Waals surface area contributed by atoms with Crippen molar-refractivity contribution in [2.24, 2.45) is 5.92 Å². The molecule has 22 heavy (non-hydrogen) atoms. The normalized spacial score (nSPS) is 24.0. The summed E-state index contributed by atoms with van der Waals surface area (Å²) in [6.07, 6.45) is 5.22. The number of rotatable bonds is 4. The van der Waals surface area contributed by atoms with E-state index in [1.165, 1.54) is 30.6 Å². The van der Waals surface area contributed by atoms with Gasteiger partial charge in [-0.15, -0.1) is 0 Å². The summed E-state index contributed by atoms with van der Waals surface area (Å²) in [4.78, 5) is 2.60.